The molecule has 3 saturated heterocycles. The summed E-state index contributed by atoms with van der Waals surface area (Å²) in [7, 11) is 0. The van der Waals surface area contributed by atoms with Crippen molar-refractivity contribution in [1.29, 1.82) is 0 Å². The van der Waals surface area contributed by atoms with Crippen LogP contribution in [0.1, 0.15) is 23.2 Å². The van der Waals surface area contributed by atoms with Gasteiger partial charge in [0.2, 0.25) is 0 Å². The monoisotopic (exact) mass is 296 g/mol. The molecule has 2 aromatic rings. The second-order valence-electron chi connectivity index (χ2n) is 6.46. The van der Waals surface area contributed by atoms with E-state index in [1.807, 2.05) is 24.3 Å². The molecule has 2 bridgehead atoms. The lowest BCUT2D eigenvalue weighted by Crippen LogP contribution is -2.57. The Labute approximate surface area is 129 Å². The Hall–Kier alpha value is -2.07. The molecule has 0 unspecified atom stereocenters. The summed E-state index contributed by atoms with van der Waals surface area (Å²) in [5, 5.41) is 14.7. The minimum Gasteiger partial charge on any atom is -0.508 e. The van der Waals surface area contributed by atoms with Crippen LogP contribution in [0.15, 0.2) is 36.4 Å². The van der Waals surface area contributed by atoms with Crippen molar-refractivity contribution in [3.8, 4) is 5.75 Å². The predicted octanol–water partition coefficient (Wildman–Crippen LogP) is 2.37. The van der Waals surface area contributed by atoms with E-state index in [1.165, 1.54) is 25.9 Å². The highest BCUT2D eigenvalue weighted by atomic mass is 16.3. The quantitative estimate of drug-likeness (QED) is 0.894. The summed E-state index contributed by atoms with van der Waals surface area (Å²) in [5.74, 6) is 0.838. The van der Waals surface area contributed by atoms with Gasteiger partial charge in [0.25, 0.3) is 5.91 Å². The molecule has 22 heavy (non-hydrogen) atoms. The number of benzene rings is 2. The maximum atomic E-state index is 12.5. The van der Waals surface area contributed by atoms with E-state index < -0.39 is 0 Å². The van der Waals surface area contributed by atoms with Crippen LogP contribution in [0, 0.1) is 5.92 Å². The van der Waals surface area contributed by atoms with Crippen LogP contribution in [-0.2, 0) is 0 Å². The molecule has 0 aromatic heterocycles. The lowest BCUT2D eigenvalue weighted by atomic mass is 9.84. The van der Waals surface area contributed by atoms with Crippen LogP contribution in [-0.4, -0.2) is 41.6 Å². The Balaban J connectivity index is 1.55. The number of nitrogens with one attached hydrogen (secondary N) is 1. The lowest BCUT2D eigenvalue weighted by Gasteiger charge is -2.44. The van der Waals surface area contributed by atoms with Crippen LogP contribution >= 0.6 is 0 Å². The molecule has 0 saturated carbocycles. The van der Waals surface area contributed by atoms with Crippen molar-refractivity contribution in [2.75, 3.05) is 19.6 Å². The van der Waals surface area contributed by atoms with Crippen molar-refractivity contribution >= 4 is 16.7 Å². The van der Waals surface area contributed by atoms with Gasteiger partial charge in [0.05, 0.1) is 0 Å². The number of amides is 1. The zero-order chi connectivity index (χ0) is 15.1. The molecule has 2 aromatic carbocycles. The fourth-order valence-electron chi connectivity index (χ4n) is 3.76. The van der Waals surface area contributed by atoms with Crippen molar-refractivity contribution < 1.29 is 9.90 Å². The van der Waals surface area contributed by atoms with Crippen LogP contribution in [0.5, 0.6) is 5.75 Å². The highest BCUT2D eigenvalue weighted by Gasteiger charge is 2.34. The van der Waals surface area contributed by atoms with Gasteiger partial charge in [-0.2, -0.15) is 0 Å². The molecule has 1 atom stereocenters. The first-order chi connectivity index (χ1) is 10.7. The number of fused-ring (bicyclic) bond motifs is 4. The maximum absolute atomic E-state index is 12.5. The van der Waals surface area contributed by atoms with Crippen molar-refractivity contribution in [1.82, 2.24) is 10.2 Å². The summed E-state index contributed by atoms with van der Waals surface area (Å²) in [6, 6.07) is 11.1. The molecule has 2 N–H and O–H groups in total. The van der Waals surface area contributed by atoms with Crippen LogP contribution in [0.2, 0.25) is 0 Å². The summed E-state index contributed by atoms with van der Waals surface area (Å²) in [4.78, 5) is 15.0. The van der Waals surface area contributed by atoms with Gasteiger partial charge < -0.3 is 15.3 Å². The average Bonchev–Trinajstić information content (AvgIpc) is 2.55. The van der Waals surface area contributed by atoms with Gasteiger partial charge in [-0.1, -0.05) is 12.1 Å². The molecular formula is C18H20N2O2. The third-order valence-electron chi connectivity index (χ3n) is 5.06. The normalized spacial score (nSPS) is 27.0. The molecule has 1 amide bonds. The first kappa shape index (κ1) is 13.6. The fourth-order valence-corrected chi connectivity index (χ4v) is 3.76. The molecule has 3 aliphatic rings. The number of nitrogens with zero attached hydrogens (tertiary/aromatic N) is 1. The summed E-state index contributed by atoms with van der Waals surface area (Å²) in [6.45, 7) is 3.32. The molecule has 0 aliphatic carbocycles. The molecule has 4 nitrogen and oxygen atoms in total. The van der Waals surface area contributed by atoms with Gasteiger partial charge in [0, 0.05) is 18.2 Å². The minimum absolute atomic E-state index is 0.0102. The van der Waals surface area contributed by atoms with E-state index in [1.54, 1.807) is 12.1 Å². The van der Waals surface area contributed by atoms with E-state index in [4.69, 9.17) is 0 Å². The second kappa shape index (κ2) is 5.29. The smallest absolute Gasteiger partial charge is 0.251 e. The Bertz CT molecular complexity index is 720. The fraction of sp³-hybridized carbons (Fsp3) is 0.389. The molecule has 0 spiro atoms. The Morgan fingerprint density at radius 2 is 1.86 bits per heavy atom. The van der Waals surface area contributed by atoms with Gasteiger partial charge in [-0.25, -0.2) is 0 Å². The number of carbonyl (C=O) groups is 1. The molecule has 114 valence electrons. The van der Waals surface area contributed by atoms with Crippen molar-refractivity contribution in [3.05, 3.63) is 42.0 Å². The maximum Gasteiger partial charge on any atom is 0.251 e. The number of piperidine rings is 3. The standard InChI is InChI=1S/C18H20N2O2/c21-16-4-3-12-1-2-14(9-15(12)10-16)18(22)19-17-11-20-7-5-13(17)6-8-20/h1-4,9-10,13,17,21H,5-8,11H2,(H,19,22)/t17-/m0/s1. The van der Waals surface area contributed by atoms with Gasteiger partial charge in [-0.05, 0) is 66.9 Å². The summed E-state index contributed by atoms with van der Waals surface area (Å²) in [5.41, 5.74) is 0.662. The summed E-state index contributed by atoms with van der Waals surface area (Å²) in [6.07, 6.45) is 2.38. The lowest BCUT2D eigenvalue weighted by molar-refractivity contribution is 0.0620. The molecule has 0 radical (unpaired) electrons. The largest absolute Gasteiger partial charge is 0.508 e. The predicted molar refractivity (Wildman–Crippen MR) is 86.0 cm³/mol. The Morgan fingerprint density at radius 1 is 1.09 bits per heavy atom. The molecule has 4 heteroatoms. The van der Waals surface area contributed by atoms with Crippen molar-refractivity contribution in [2.24, 2.45) is 5.92 Å². The topological polar surface area (TPSA) is 52.6 Å². The number of rotatable bonds is 2. The molecule has 3 fully saturated rings. The van der Waals surface area contributed by atoms with E-state index in [-0.39, 0.29) is 17.7 Å². The zero-order valence-electron chi connectivity index (χ0n) is 12.5. The number of carbonyl (C=O) groups excluding carboxylic acids is 1. The van der Waals surface area contributed by atoms with Crippen LogP contribution in [0.4, 0.5) is 0 Å². The third-order valence-corrected chi connectivity index (χ3v) is 5.06. The number of phenolic OH excluding ortho intramolecular Hbond substituents is 1. The van der Waals surface area contributed by atoms with Gasteiger partial charge in [0.1, 0.15) is 5.75 Å². The molecule has 3 heterocycles. The van der Waals surface area contributed by atoms with Crippen LogP contribution in [0.3, 0.4) is 0 Å². The first-order valence-corrected chi connectivity index (χ1v) is 7.95. The van der Waals surface area contributed by atoms with Gasteiger partial charge >= 0.3 is 0 Å². The number of aromatic hydroxyl groups is 1. The highest BCUT2D eigenvalue weighted by molar-refractivity contribution is 5.99. The van der Waals surface area contributed by atoms with Crippen molar-refractivity contribution in [3.63, 3.8) is 0 Å². The molecule has 5 rings (SSSR count). The van der Waals surface area contributed by atoms with E-state index in [9.17, 15) is 9.90 Å². The first-order valence-electron chi connectivity index (χ1n) is 7.95. The van der Waals surface area contributed by atoms with E-state index in [0.717, 1.165) is 17.3 Å². The van der Waals surface area contributed by atoms with Gasteiger partial charge in [0.15, 0.2) is 0 Å². The Kier molecular flexibility index (Phi) is 3.26. The van der Waals surface area contributed by atoms with Gasteiger partial charge in [-0.3, -0.25) is 4.79 Å². The van der Waals surface area contributed by atoms with Crippen LogP contribution < -0.4 is 5.32 Å². The number of phenols is 1. The summed E-state index contributed by atoms with van der Waals surface area (Å²) < 4.78 is 0. The SMILES string of the molecule is O=C(N[C@H]1CN2CCC1CC2)c1ccc2ccc(O)cc2c1. The van der Waals surface area contributed by atoms with E-state index in [0.29, 0.717) is 11.5 Å². The Morgan fingerprint density at radius 3 is 2.59 bits per heavy atom. The van der Waals surface area contributed by atoms with Crippen LogP contribution in [0.25, 0.3) is 10.8 Å². The van der Waals surface area contributed by atoms with E-state index >= 15 is 0 Å². The van der Waals surface area contributed by atoms with Gasteiger partial charge in [-0.15, -0.1) is 0 Å². The molecular weight excluding hydrogens is 276 g/mol. The van der Waals surface area contributed by atoms with Crippen molar-refractivity contribution in [2.45, 2.75) is 18.9 Å². The average molecular weight is 296 g/mol. The molecule has 3 aliphatic heterocycles. The number of hydrogen-bond acceptors (Lipinski definition) is 3. The highest BCUT2D eigenvalue weighted by Crippen LogP contribution is 2.28. The minimum atomic E-state index is -0.0102. The summed E-state index contributed by atoms with van der Waals surface area (Å²) >= 11 is 0. The van der Waals surface area contributed by atoms with E-state index in [2.05, 4.69) is 10.2 Å². The zero-order valence-corrected chi connectivity index (χ0v) is 12.5. The number of hydrogen-bond donors (Lipinski definition) is 2. The third kappa shape index (κ3) is 2.44. The second-order valence-corrected chi connectivity index (χ2v) is 6.46.